The van der Waals surface area contributed by atoms with Crippen LogP contribution in [0.4, 0.5) is 5.82 Å². The molecule has 18 heavy (non-hydrogen) atoms. The van der Waals surface area contributed by atoms with Crippen LogP contribution in [0.1, 0.15) is 20.3 Å². The van der Waals surface area contributed by atoms with E-state index in [1.54, 1.807) is 25.1 Å². The van der Waals surface area contributed by atoms with Crippen LogP contribution in [0.2, 0.25) is 0 Å². The van der Waals surface area contributed by atoms with Gasteiger partial charge in [-0.1, -0.05) is 17.0 Å². The highest BCUT2D eigenvalue weighted by Crippen LogP contribution is 2.17. The zero-order chi connectivity index (χ0) is 13.0. The number of rotatable bonds is 2. The fourth-order valence-electron chi connectivity index (χ4n) is 1.27. The number of nitrogens with two attached hydrogens (primary N) is 1. The van der Waals surface area contributed by atoms with Gasteiger partial charge in [-0.3, -0.25) is 4.79 Å². The van der Waals surface area contributed by atoms with Crippen LogP contribution in [0.3, 0.4) is 0 Å². The van der Waals surface area contributed by atoms with Crippen LogP contribution in [-0.4, -0.2) is 17.6 Å². The summed E-state index contributed by atoms with van der Waals surface area (Å²) in [7, 11) is 0. The van der Waals surface area contributed by atoms with E-state index in [4.69, 9.17) is 10.3 Å². The molecule has 92 valence electrons. The number of aromatic nitrogens is 1. The number of carbonyl (C=O) groups excluding carboxylic acids is 1. The number of thiophene rings is 1. The molecule has 0 aliphatic rings. The molecule has 3 N–H and O–H groups in total. The lowest BCUT2D eigenvalue weighted by Crippen LogP contribution is -2.10. The van der Waals surface area contributed by atoms with Crippen molar-refractivity contribution in [3.05, 3.63) is 33.7 Å². The number of nitrogens with one attached hydrogen (secondary N) is 1. The summed E-state index contributed by atoms with van der Waals surface area (Å²) in [5.74, 6) is 6.44. The third kappa shape index (κ3) is 2.97. The van der Waals surface area contributed by atoms with Gasteiger partial charge in [0.05, 0.1) is 16.3 Å². The Morgan fingerprint density at radius 2 is 2.44 bits per heavy atom. The van der Waals surface area contributed by atoms with Crippen molar-refractivity contribution in [2.24, 2.45) is 5.73 Å². The van der Waals surface area contributed by atoms with Crippen molar-refractivity contribution in [1.82, 2.24) is 5.16 Å². The van der Waals surface area contributed by atoms with E-state index in [1.165, 1.54) is 11.3 Å². The highest BCUT2D eigenvalue weighted by Gasteiger charge is 2.10. The molecule has 0 aromatic carbocycles. The summed E-state index contributed by atoms with van der Waals surface area (Å²) in [5, 5.41) is 6.33. The fourth-order valence-corrected chi connectivity index (χ4v) is 2.04. The minimum absolute atomic E-state index is 0.228. The van der Waals surface area contributed by atoms with E-state index < -0.39 is 0 Å². The van der Waals surface area contributed by atoms with Crippen LogP contribution in [0.15, 0.2) is 22.7 Å². The van der Waals surface area contributed by atoms with Crippen LogP contribution in [0.25, 0.3) is 0 Å². The van der Waals surface area contributed by atoms with Crippen LogP contribution in [0, 0.1) is 18.8 Å². The first kappa shape index (κ1) is 12.4. The van der Waals surface area contributed by atoms with Crippen molar-refractivity contribution in [2.45, 2.75) is 6.92 Å². The molecular weight excluding hydrogens is 250 g/mol. The molecule has 2 rings (SSSR count). The molecule has 0 unspecified atom stereocenters. The van der Waals surface area contributed by atoms with Crippen LogP contribution >= 0.6 is 11.3 Å². The summed E-state index contributed by atoms with van der Waals surface area (Å²) in [4.78, 5) is 13.2. The lowest BCUT2D eigenvalue weighted by atomic mass is 10.4. The molecule has 0 bridgehead atoms. The summed E-state index contributed by atoms with van der Waals surface area (Å²) >= 11 is 1.31. The van der Waals surface area contributed by atoms with Gasteiger partial charge >= 0.3 is 0 Å². The van der Waals surface area contributed by atoms with Crippen molar-refractivity contribution in [3.63, 3.8) is 0 Å². The summed E-state index contributed by atoms with van der Waals surface area (Å²) in [6, 6.07) is 5.16. The predicted octanol–water partition coefficient (Wildman–Crippen LogP) is 1.61. The van der Waals surface area contributed by atoms with E-state index in [9.17, 15) is 4.79 Å². The van der Waals surface area contributed by atoms with E-state index in [0.29, 0.717) is 23.0 Å². The number of amides is 1. The normalized spacial score (nSPS) is 9.67. The van der Waals surface area contributed by atoms with Crippen molar-refractivity contribution in [3.8, 4) is 11.8 Å². The Morgan fingerprint density at radius 1 is 1.61 bits per heavy atom. The van der Waals surface area contributed by atoms with Gasteiger partial charge in [-0.25, -0.2) is 0 Å². The second-order valence-electron chi connectivity index (χ2n) is 3.45. The zero-order valence-electron chi connectivity index (χ0n) is 9.69. The summed E-state index contributed by atoms with van der Waals surface area (Å²) in [5.41, 5.74) is 5.28. The Morgan fingerprint density at radius 3 is 3.11 bits per heavy atom. The number of anilines is 1. The summed E-state index contributed by atoms with van der Waals surface area (Å²) < 4.78 is 4.86. The van der Waals surface area contributed by atoms with Crippen molar-refractivity contribution >= 4 is 23.1 Å². The van der Waals surface area contributed by atoms with E-state index >= 15 is 0 Å². The molecule has 0 spiro atoms. The minimum atomic E-state index is -0.228. The molecular formula is C12H11N3O2S. The van der Waals surface area contributed by atoms with Crippen molar-refractivity contribution in [2.75, 3.05) is 11.9 Å². The lowest BCUT2D eigenvalue weighted by Gasteiger charge is -1.96. The molecule has 0 atom stereocenters. The maximum atomic E-state index is 11.9. The monoisotopic (exact) mass is 261 g/mol. The van der Waals surface area contributed by atoms with Gasteiger partial charge in [0.1, 0.15) is 5.76 Å². The Balaban J connectivity index is 2.07. The van der Waals surface area contributed by atoms with Gasteiger partial charge in [0.25, 0.3) is 5.91 Å². The molecule has 0 radical (unpaired) electrons. The fraction of sp³-hybridized carbons (Fsp3) is 0.167. The third-order valence-corrected chi connectivity index (χ3v) is 3.01. The van der Waals surface area contributed by atoms with Crippen LogP contribution in [0.5, 0.6) is 0 Å². The number of nitrogens with zero attached hydrogens (tertiary/aromatic N) is 1. The Labute approximate surface area is 108 Å². The Hall–Kier alpha value is -2.10. The molecule has 0 saturated heterocycles. The van der Waals surface area contributed by atoms with E-state index in [-0.39, 0.29) is 5.91 Å². The second-order valence-corrected chi connectivity index (χ2v) is 4.53. The van der Waals surface area contributed by atoms with Gasteiger partial charge in [-0.15, -0.1) is 11.3 Å². The van der Waals surface area contributed by atoms with Gasteiger partial charge in [0.15, 0.2) is 5.82 Å². The van der Waals surface area contributed by atoms with E-state index in [2.05, 4.69) is 22.3 Å². The summed E-state index contributed by atoms with van der Waals surface area (Å²) in [6.45, 7) is 2.06. The summed E-state index contributed by atoms with van der Waals surface area (Å²) in [6.07, 6.45) is 0. The quantitative estimate of drug-likeness (QED) is 0.805. The number of hydrogen-bond acceptors (Lipinski definition) is 5. The van der Waals surface area contributed by atoms with Gasteiger partial charge in [0, 0.05) is 6.07 Å². The van der Waals surface area contributed by atoms with Gasteiger partial charge in [0.2, 0.25) is 0 Å². The van der Waals surface area contributed by atoms with Gasteiger partial charge < -0.3 is 15.6 Å². The van der Waals surface area contributed by atoms with Crippen molar-refractivity contribution < 1.29 is 9.32 Å². The van der Waals surface area contributed by atoms with Crippen LogP contribution < -0.4 is 11.1 Å². The third-order valence-electron chi connectivity index (χ3n) is 2.01. The van der Waals surface area contributed by atoms with E-state index in [1.807, 2.05) is 0 Å². The number of hydrogen-bond donors (Lipinski definition) is 2. The lowest BCUT2D eigenvalue weighted by molar-refractivity contribution is 0.102. The van der Waals surface area contributed by atoms with Crippen molar-refractivity contribution in [1.29, 1.82) is 0 Å². The van der Waals surface area contributed by atoms with Gasteiger partial charge in [-0.05, 0) is 19.1 Å². The maximum absolute atomic E-state index is 11.9. The Kier molecular flexibility index (Phi) is 3.77. The SMILES string of the molecule is Cc1cc(NC(=O)c2ccc(C#CCN)s2)no1. The number of aryl methyl sites for hydroxylation is 1. The number of carbonyl (C=O) groups is 1. The molecule has 2 aromatic heterocycles. The molecule has 0 aliphatic heterocycles. The zero-order valence-corrected chi connectivity index (χ0v) is 10.5. The molecule has 1 amide bonds. The van der Waals surface area contributed by atoms with Gasteiger partial charge in [-0.2, -0.15) is 0 Å². The molecule has 5 nitrogen and oxygen atoms in total. The first-order chi connectivity index (χ1) is 8.69. The molecule has 2 heterocycles. The predicted molar refractivity (Wildman–Crippen MR) is 69.4 cm³/mol. The first-order valence-corrected chi connectivity index (χ1v) is 6.04. The molecule has 6 heteroatoms. The van der Waals surface area contributed by atoms with Crippen LogP contribution in [-0.2, 0) is 0 Å². The largest absolute Gasteiger partial charge is 0.360 e. The smallest absolute Gasteiger partial charge is 0.267 e. The topological polar surface area (TPSA) is 81.2 Å². The highest BCUT2D eigenvalue weighted by molar-refractivity contribution is 7.14. The average Bonchev–Trinajstić information content (AvgIpc) is 2.96. The highest BCUT2D eigenvalue weighted by atomic mass is 32.1. The standard InChI is InChI=1S/C12H11N3O2S/c1-8-7-11(15-17-8)14-12(16)10-5-4-9(18-10)3-2-6-13/h4-5,7H,6,13H2,1H3,(H,14,15,16). The molecule has 0 fully saturated rings. The molecule has 0 saturated carbocycles. The average molecular weight is 261 g/mol. The first-order valence-electron chi connectivity index (χ1n) is 5.22. The second kappa shape index (κ2) is 5.49. The Bertz CT molecular complexity index is 619. The van der Waals surface area contributed by atoms with E-state index in [0.717, 1.165) is 4.88 Å². The minimum Gasteiger partial charge on any atom is -0.360 e. The molecule has 2 aromatic rings. The maximum Gasteiger partial charge on any atom is 0.267 e. The molecule has 0 aliphatic carbocycles.